The molecule has 14 heavy (non-hydrogen) atoms. The summed E-state index contributed by atoms with van der Waals surface area (Å²) in [5.74, 6) is 0. The van der Waals surface area contributed by atoms with Crippen LogP contribution in [0, 0.1) is 0 Å². The van der Waals surface area contributed by atoms with Gasteiger partial charge in [-0.25, -0.2) is 4.98 Å². The lowest BCUT2D eigenvalue weighted by molar-refractivity contribution is 0.592. The van der Waals surface area contributed by atoms with E-state index in [-0.39, 0.29) is 0 Å². The number of likely N-dealkylation sites (N-methyl/N-ethyl adjacent to an activating group) is 1. The van der Waals surface area contributed by atoms with Crippen molar-refractivity contribution in [3.05, 3.63) is 39.0 Å². The lowest BCUT2D eigenvalue weighted by Crippen LogP contribution is -2.17. The minimum Gasteiger partial charge on any atom is -0.313 e. The van der Waals surface area contributed by atoms with Gasteiger partial charge in [0.1, 0.15) is 0 Å². The van der Waals surface area contributed by atoms with Gasteiger partial charge < -0.3 is 5.32 Å². The van der Waals surface area contributed by atoms with E-state index in [0.29, 0.717) is 6.04 Å². The highest BCUT2D eigenvalue weighted by Gasteiger charge is 2.11. The van der Waals surface area contributed by atoms with Gasteiger partial charge in [0.05, 0.1) is 5.01 Å². The van der Waals surface area contributed by atoms with Crippen molar-refractivity contribution in [2.45, 2.75) is 12.5 Å². The van der Waals surface area contributed by atoms with Gasteiger partial charge in [0, 0.05) is 24.0 Å². The SMILES string of the molecule is CNC(Cc1nccs1)c1ccsc1. The van der Waals surface area contributed by atoms with Gasteiger partial charge in [0.15, 0.2) is 0 Å². The molecular formula is C10H12N2S2. The van der Waals surface area contributed by atoms with Crippen LogP contribution in [0.15, 0.2) is 28.4 Å². The summed E-state index contributed by atoms with van der Waals surface area (Å²) >= 11 is 3.46. The predicted octanol–water partition coefficient (Wildman–Crippen LogP) is 2.71. The zero-order valence-corrected chi connectivity index (χ0v) is 9.57. The number of nitrogens with one attached hydrogen (secondary N) is 1. The molecule has 2 aromatic rings. The third kappa shape index (κ3) is 2.20. The molecule has 0 bridgehead atoms. The molecule has 0 radical (unpaired) electrons. The summed E-state index contributed by atoms with van der Waals surface area (Å²) in [6.45, 7) is 0. The van der Waals surface area contributed by atoms with Crippen molar-refractivity contribution in [2.75, 3.05) is 7.05 Å². The zero-order valence-electron chi connectivity index (χ0n) is 7.93. The maximum absolute atomic E-state index is 4.30. The minimum atomic E-state index is 0.396. The predicted molar refractivity (Wildman–Crippen MR) is 61.9 cm³/mol. The molecule has 2 heterocycles. The van der Waals surface area contributed by atoms with E-state index < -0.39 is 0 Å². The molecule has 0 aliphatic rings. The summed E-state index contributed by atoms with van der Waals surface area (Å²) < 4.78 is 0. The van der Waals surface area contributed by atoms with E-state index in [0.717, 1.165) is 6.42 Å². The Morgan fingerprint density at radius 3 is 3.00 bits per heavy atom. The van der Waals surface area contributed by atoms with Crippen LogP contribution in [0.4, 0.5) is 0 Å². The van der Waals surface area contributed by atoms with Crippen molar-refractivity contribution in [3.63, 3.8) is 0 Å². The van der Waals surface area contributed by atoms with Crippen molar-refractivity contribution in [3.8, 4) is 0 Å². The molecule has 0 aliphatic heterocycles. The van der Waals surface area contributed by atoms with E-state index in [1.165, 1.54) is 10.6 Å². The lowest BCUT2D eigenvalue weighted by atomic mass is 10.1. The Balaban J connectivity index is 2.08. The van der Waals surface area contributed by atoms with Gasteiger partial charge in [-0.05, 0) is 29.4 Å². The molecule has 1 unspecified atom stereocenters. The molecule has 1 atom stereocenters. The molecule has 0 saturated carbocycles. The maximum atomic E-state index is 4.30. The Hall–Kier alpha value is -0.710. The molecular weight excluding hydrogens is 212 g/mol. The van der Waals surface area contributed by atoms with E-state index in [9.17, 15) is 0 Å². The molecule has 0 saturated heterocycles. The van der Waals surface area contributed by atoms with Crippen LogP contribution in [-0.4, -0.2) is 12.0 Å². The Morgan fingerprint density at radius 1 is 1.50 bits per heavy atom. The summed E-state index contributed by atoms with van der Waals surface area (Å²) in [6, 6.07) is 2.56. The molecule has 0 spiro atoms. The molecule has 1 N–H and O–H groups in total. The second kappa shape index (κ2) is 4.68. The van der Waals surface area contributed by atoms with Gasteiger partial charge >= 0.3 is 0 Å². The Labute approximate surface area is 91.6 Å². The number of rotatable bonds is 4. The minimum absolute atomic E-state index is 0.396. The Bertz CT molecular complexity index is 353. The fourth-order valence-electron chi connectivity index (χ4n) is 1.39. The average Bonchev–Trinajstić information content (AvgIpc) is 2.86. The monoisotopic (exact) mass is 224 g/mol. The molecule has 2 rings (SSSR count). The first-order valence-corrected chi connectivity index (χ1v) is 6.30. The molecule has 0 amide bonds. The summed E-state index contributed by atoms with van der Waals surface area (Å²) in [7, 11) is 2.00. The van der Waals surface area contributed by atoms with Crippen LogP contribution < -0.4 is 5.32 Å². The van der Waals surface area contributed by atoms with Gasteiger partial charge in [-0.1, -0.05) is 0 Å². The van der Waals surface area contributed by atoms with E-state index in [1.807, 2.05) is 18.6 Å². The third-order valence-corrected chi connectivity index (χ3v) is 3.66. The Kier molecular flexibility index (Phi) is 3.29. The maximum Gasteiger partial charge on any atom is 0.0943 e. The Morgan fingerprint density at radius 2 is 2.43 bits per heavy atom. The first-order chi connectivity index (χ1) is 6.90. The first-order valence-electron chi connectivity index (χ1n) is 4.48. The molecule has 74 valence electrons. The van der Waals surface area contributed by atoms with Crippen molar-refractivity contribution in [2.24, 2.45) is 0 Å². The third-order valence-electron chi connectivity index (χ3n) is 2.16. The van der Waals surface area contributed by atoms with Crippen LogP contribution in [0.5, 0.6) is 0 Å². The highest BCUT2D eigenvalue weighted by molar-refractivity contribution is 7.09. The highest BCUT2D eigenvalue weighted by Crippen LogP contribution is 2.21. The average molecular weight is 224 g/mol. The molecule has 2 aromatic heterocycles. The highest BCUT2D eigenvalue weighted by atomic mass is 32.1. The lowest BCUT2D eigenvalue weighted by Gasteiger charge is -2.12. The number of aromatic nitrogens is 1. The summed E-state index contributed by atoms with van der Waals surface area (Å²) in [4.78, 5) is 4.30. The topological polar surface area (TPSA) is 24.9 Å². The van der Waals surface area contributed by atoms with Gasteiger partial charge in [0.25, 0.3) is 0 Å². The second-order valence-corrected chi connectivity index (χ2v) is 4.79. The number of hydrogen-bond acceptors (Lipinski definition) is 4. The largest absolute Gasteiger partial charge is 0.313 e. The van der Waals surface area contributed by atoms with E-state index >= 15 is 0 Å². The second-order valence-electron chi connectivity index (χ2n) is 3.03. The number of hydrogen-bond donors (Lipinski definition) is 1. The van der Waals surface area contributed by atoms with Crippen molar-refractivity contribution in [1.82, 2.24) is 10.3 Å². The quantitative estimate of drug-likeness (QED) is 0.863. The number of thiophene rings is 1. The van der Waals surface area contributed by atoms with Crippen LogP contribution in [0.3, 0.4) is 0 Å². The van der Waals surface area contributed by atoms with Gasteiger partial charge in [-0.2, -0.15) is 11.3 Å². The molecule has 2 nitrogen and oxygen atoms in total. The van der Waals surface area contributed by atoms with Crippen LogP contribution in [-0.2, 0) is 6.42 Å². The summed E-state index contributed by atoms with van der Waals surface area (Å²) in [5.41, 5.74) is 1.35. The van der Waals surface area contributed by atoms with Crippen LogP contribution in [0.1, 0.15) is 16.6 Å². The first kappa shape index (κ1) is 9.83. The smallest absolute Gasteiger partial charge is 0.0943 e. The van der Waals surface area contributed by atoms with Gasteiger partial charge in [-0.15, -0.1) is 11.3 Å². The summed E-state index contributed by atoms with van der Waals surface area (Å²) in [5, 5.41) is 10.8. The van der Waals surface area contributed by atoms with Crippen molar-refractivity contribution in [1.29, 1.82) is 0 Å². The fraction of sp³-hybridized carbons (Fsp3) is 0.300. The molecule has 0 aliphatic carbocycles. The molecule has 0 fully saturated rings. The summed E-state index contributed by atoms with van der Waals surface area (Å²) in [6.07, 6.45) is 2.84. The molecule has 0 aromatic carbocycles. The van der Waals surface area contributed by atoms with E-state index in [4.69, 9.17) is 0 Å². The standard InChI is InChI=1S/C10H12N2S2/c1-11-9(8-2-4-13-7-8)6-10-12-3-5-14-10/h2-5,7,9,11H,6H2,1H3. The van der Waals surface area contributed by atoms with E-state index in [2.05, 4.69) is 27.1 Å². The number of nitrogens with zero attached hydrogens (tertiary/aromatic N) is 1. The van der Waals surface area contributed by atoms with Crippen LogP contribution >= 0.6 is 22.7 Å². The number of thiazole rings is 1. The normalized spacial score (nSPS) is 12.9. The van der Waals surface area contributed by atoms with Gasteiger partial charge in [0.2, 0.25) is 0 Å². The van der Waals surface area contributed by atoms with Crippen molar-refractivity contribution >= 4 is 22.7 Å². The molecule has 4 heteroatoms. The fourth-order valence-corrected chi connectivity index (χ4v) is 2.77. The van der Waals surface area contributed by atoms with Gasteiger partial charge in [-0.3, -0.25) is 0 Å². The van der Waals surface area contributed by atoms with E-state index in [1.54, 1.807) is 22.7 Å². The van der Waals surface area contributed by atoms with Crippen LogP contribution in [0.2, 0.25) is 0 Å². The van der Waals surface area contributed by atoms with Crippen LogP contribution in [0.25, 0.3) is 0 Å². The zero-order chi connectivity index (χ0) is 9.80. The van der Waals surface area contributed by atoms with Crippen molar-refractivity contribution < 1.29 is 0 Å².